The second-order valence-electron chi connectivity index (χ2n) is 8.45. The molecule has 0 saturated carbocycles. The van der Waals surface area contributed by atoms with E-state index >= 15 is 0 Å². The number of benzene rings is 3. The molecule has 0 unspecified atom stereocenters. The Morgan fingerprint density at radius 1 is 1.06 bits per heavy atom. The van der Waals surface area contributed by atoms with Crippen molar-refractivity contribution in [2.24, 2.45) is 0 Å². The summed E-state index contributed by atoms with van der Waals surface area (Å²) in [6.07, 6.45) is 4.01. The van der Waals surface area contributed by atoms with E-state index in [1.54, 1.807) is 24.8 Å². The SMILES string of the molecule is CCOC(=O)/C=C/c1ccc(C(/C(CC)=C(\Cl)c2ccccc2C)=C2/CSc3cc(Cl)ccc32)cc1. The van der Waals surface area contributed by atoms with Gasteiger partial charge in [0.1, 0.15) is 0 Å². The van der Waals surface area contributed by atoms with Crippen molar-refractivity contribution in [3.8, 4) is 0 Å². The molecule has 0 atom stereocenters. The summed E-state index contributed by atoms with van der Waals surface area (Å²) < 4.78 is 4.99. The molecule has 1 aliphatic rings. The van der Waals surface area contributed by atoms with Gasteiger partial charge in [-0.25, -0.2) is 4.79 Å². The molecule has 0 spiro atoms. The molecule has 0 saturated heterocycles. The summed E-state index contributed by atoms with van der Waals surface area (Å²) in [5, 5.41) is 1.52. The van der Waals surface area contributed by atoms with E-state index in [1.807, 2.05) is 36.4 Å². The van der Waals surface area contributed by atoms with Crippen LogP contribution in [0.15, 0.2) is 83.3 Å². The third-order valence-electron chi connectivity index (χ3n) is 6.14. The molecule has 0 bridgehead atoms. The number of carbonyl (C=O) groups is 1. The average Bonchev–Trinajstić information content (AvgIpc) is 3.29. The van der Waals surface area contributed by atoms with Crippen LogP contribution >= 0.6 is 35.0 Å². The lowest BCUT2D eigenvalue weighted by Crippen LogP contribution is -1.99. The number of fused-ring (bicyclic) bond motifs is 1. The third kappa shape index (κ3) is 5.81. The number of carbonyl (C=O) groups excluding carboxylic acids is 1. The van der Waals surface area contributed by atoms with Gasteiger partial charge in [-0.3, -0.25) is 0 Å². The van der Waals surface area contributed by atoms with Crippen LogP contribution in [0.3, 0.4) is 0 Å². The summed E-state index contributed by atoms with van der Waals surface area (Å²) in [4.78, 5) is 12.9. The van der Waals surface area contributed by atoms with Gasteiger partial charge in [0.2, 0.25) is 0 Å². The molecule has 3 aromatic carbocycles. The summed E-state index contributed by atoms with van der Waals surface area (Å²) in [5.41, 5.74) is 8.92. The number of esters is 1. The quantitative estimate of drug-likeness (QED) is 0.223. The zero-order valence-corrected chi connectivity index (χ0v) is 22.9. The van der Waals surface area contributed by atoms with Crippen molar-refractivity contribution in [3.05, 3.63) is 111 Å². The van der Waals surface area contributed by atoms with Gasteiger partial charge in [0, 0.05) is 21.7 Å². The van der Waals surface area contributed by atoms with Crippen LogP contribution in [-0.4, -0.2) is 18.3 Å². The first kappa shape index (κ1) is 26.3. The first-order valence-electron chi connectivity index (χ1n) is 12.0. The first-order valence-corrected chi connectivity index (χ1v) is 13.7. The molecule has 1 heterocycles. The monoisotopic (exact) mass is 534 g/mol. The number of ether oxygens (including phenoxy) is 1. The fourth-order valence-corrected chi connectivity index (χ4v) is 6.20. The maximum Gasteiger partial charge on any atom is 0.330 e. The standard InChI is InChI=1S/C31H28Cl2O2S/c1-4-24(31(33)25-9-7-6-8-20(25)3)30(27-19-36-28-18-23(32)15-16-26(27)28)22-13-10-21(11-14-22)12-17-29(34)35-5-2/h6-18H,4-5,19H2,1-3H3/b17-12+,30-27+,31-24-. The van der Waals surface area contributed by atoms with Gasteiger partial charge in [-0.15, -0.1) is 11.8 Å². The van der Waals surface area contributed by atoms with E-state index in [1.165, 1.54) is 22.1 Å². The number of halogens is 2. The lowest BCUT2D eigenvalue weighted by Gasteiger charge is -2.19. The molecule has 1 aliphatic heterocycles. The van der Waals surface area contributed by atoms with E-state index in [-0.39, 0.29) is 5.97 Å². The topological polar surface area (TPSA) is 26.3 Å². The highest BCUT2D eigenvalue weighted by Gasteiger charge is 2.25. The van der Waals surface area contributed by atoms with Crippen molar-refractivity contribution in [1.29, 1.82) is 0 Å². The maximum absolute atomic E-state index is 11.7. The smallest absolute Gasteiger partial charge is 0.330 e. The molecule has 36 heavy (non-hydrogen) atoms. The molecule has 184 valence electrons. The van der Waals surface area contributed by atoms with Crippen molar-refractivity contribution in [1.82, 2.24) is 0 Å². The van der Waals surface area contributed by atoms with E-state index in [9.17, 15) is 4.79 Å². The van der Waals surface area contributed by atoms with Crippen LogP contribution in [0.4, 0.5) is 0 Å². The van der Waals surface area contributed by atoms with Crippen molar-refractivity contribution in [2.45, 2.75) is 32.1 Å². The Morgan fingerprint density at radius 3 is 2.50 bits per heavy atom. The highest BCUT2D eigenvalue weighted by molar-refractivity contribution is 8.00. The predicted molar refractivity (Wildman–Crippen MR) is 155 cm³/mol. The Labute approximate surface area is 227 Å². The normalized spacial score (nSPS) is 15.0. The fraction of sp³-hybridized carbons (Fsp3) is 0.194. The van der Waals surface area contributed by atoms with Crippen molar-refractivity contribution < 1.29 is 9.53 Å². The number of aryl methyl sites for hydroxylation is 1. The molecule has 3 aromatic rings. The molecule has 0 N–H and O–H groups in total. The van der Waals surface area contributed by atoms with Crippen LogP contribution in [0, 0.1) is 6.92 Å². The molecule has 0 amide bonds. The Hall–Kier alpha value is -2.72. The largest absolute Gasteiger partial charge is 0.463 e. The average molecular weight is 536 g/mol. The molecule has 2 nitrogen and oxygen atoms in total. The molecule has 0 aromatic heterocycles. The van der Waals surface area contributed by atoms with Crippen LogP contribution in [0.1, 0.15) is 48.1 Å². The van der Waals surface area contributed by atoms with E-state index in [0.29, 0.717) is 6.61 Å². The zero-order chi connectivity index (χ0) is 25.7. The Balaban J connectivity index is 1.88. The summed E-state index contributed by atoms with van der Waals surface area (Å²) in [6, 6.07) is 22.6. The Bertz CT molecular complexity index is 1370. The summed E-state index contributed by atoms with van der Waals surface area (Å²) >= 11 is 15.2. The van der Waals surface area contributed by atoms with Crippen molar-refractivity contribution >= 4 is 63.2 Å². The third-order valence-corrected chi connectivity index (χ3v) is 7.89. The van der Waals surface area contributed by atoms with Crippen molar-refractivity contribution in [2.75, 3.05) is 12.4 Å². The zero-order valence-electron chi connectivity index (χ0n) is 20.6. The van der Waals surface area contributed by atoms with Gasteiger partial charge >= 0.3 is 5.97 Å². The minimum absolute atomic E-state index is 0.344. The summed E-state index contributed by atoms with van der Waals surface area (Å²) in [5.74, 6) is 0.501. The van der Waals surface area contributed by atoms with E-state index < -0.39 is 0 Å². The van der Waals surface area contributed by atoms with Gasteiger partial charge in [-0.05, 0) is 83.0 Å². The predicted octanol–water partition coefficient (Wildman–Crippen LogP) is 9.30. The molecular weight excluding hydrogens is 507 g/mol. The van der Waals surface area contributed by atoms with E-state index in [2.05, 4.69) is 44.2 Å². The number of hydrogen-bond donors (Lipinski definition) is 0. The summed E-state index contributed by atoms with van der Waals surface area (Å²) in [7, 11) is 0. The van der Waals surface area contributed by atoms with Gasteiger partial charge < -0.3 is 4.74 Å². The molecule has 5 heteroatoms. The fourth-order valence-electron chi connectivity index (χ4n) is 4.37. The molecule has 4 rings (SSSR count). The minimum Gasteiger partial charge on any atom is -0.463 e. The molecular formula is C31H28Cl2O2S. The van der Waals surface area contributed by atoms with Crippen molar-refractivity contribution in [3.63, 3.8) is 0 Å². The van der Waals surface area contributed by atoms with E-state index in [4.69, 9.17) is 27.9 Å². The van der Waals surface area contributed by atoms with Crippen LogP contribution in [-0.2, 0) is 9.53 Å². The van der Waals surface area contributed by atoms with Gasteiger partial charge in [0.25, 0.3) is 0 Å². The van der Waals surface area contributed by atoms with Crippen LogP contribution in [0.25, 0.3) is 22.3 Å². The molecule has 0 radical (unpaired) electrons. The highest BCUT2D eigenvalue weighted by Crippen LogP contribution is 2.47. The van der Waals surface area contributed by atoms with Gasteiger partial charge in [0.05, 0.1) is 11.6 Å². The Kier molecular flexibility index (Phi) is 8.79. The number of thioether (sulfide) groups is 1. The highest BCUT2D eigenvalue weighted by atomic mass is 35.5. The lowest BCUT2D eigenvalue weighted by molar-refractivity contribution is -0.137. The van der Waals surface area contributed by atoms with Gasteiger partial charge in [0.15, 0.2) is 0 Å². The first-order chi connectivity index (χ1) is 17.4. The second-order valence-corrected chi connectivity index (χ2v) is 10.3. The van der Waals surface area contributed by atoms with Gasteiger partial charge in [-0.2, -0.15) is 0 Å². The second kappa shape index (κ2) is 12.0. The number of rotatable bonds is 7. The van der Waals surface area contributed by atoms with Crippen LogP contribution in [0.2, 0.25) is 5.02 Å². The number of allylic oxidation sites excluding steroid dienone is 2. The summed E-state index contributed by atoms with van der Waals surface area (Å²) in [6.45, 7) is 6.39. The van der Waals surface area contributed by atoms with E-state index in [0.717, 1.165) is 55.6 Å². The maximum atomic E-state index is 11.7. The van der Waals surface area contributed by atoms with Crippen LogP contribution in [0.5, 0.6) is 0 Å². The van der Waals surface area contributed by atoms with Crippen LogP contribution < -0.4 is 0 Å². The molecule has 0 fully saturated rings. The lowest BCUT2D eigenvalue weighted by atomic mass is 9.87. The minimum atomic E-state index is -0.344. The number of hydrogen-bond acceptors (Lipinski definition) is 3. The van der Waals surface area contributed by atoms with Gasteiger partial charge in [-0.1, -0.05) is 84.7 Å². The Morgan fingerprint density at radius 2 is 1.81 bits per heavy atom. The molecule has 0 aliphatic carbocycles.